The summed E-state index contributed by atoms with van der Waals surface area (Å²) < 4.78 is 1.73. The Morgan fingerprint density at radius 3 is 2.24 bits per heavy atom. The monoisotopic (exact) mass is 277 g/mol. The number of para-hydroxylation sites is 1. The lowest BCUT2D eigenvalue weighted by molar-refractivity contribution is 0.276. The second-order valence-corrected chi connectivity index (χ2v) is 4.57. The summed E-state index contributed by atoms with van der Waals surface area (Å²) in [5, 5.41) is 17.6. The van der Waals surface area contributed by atoms with E-state index in [0.29, 0.717) is 5.69 Å². The van der Waals surface area contributed by atoms with Crippen LogP contribution < -0.4 is 0 Å². The molecule has 1 heterocycles. The Bertz CT molecular complexity index is 733. The van der Waals surface area contributed by atoms with Gasteiger partial charge in [-0.25, -0.2) is 4.68 Å². The molecule has 0 fully saturated rings. The van der Waals surface area contributed by atoms with E-state index in [4.69, 9.17) is 0 Å². The fourth-order valence-corrected chi connectivity index (χ4v) is 2.10. The molecule has 4 heteroatoms. The van der Waals surface area contributed by atoms with Gasteiger partial charge in [-0.2, -0.15) is 0 Å². The lowest BCUT2D eigenvalue weighted by Crippen LogP contribution is -1.99. The van der Waals surface area contributed by atoms with Crippen molar-refractivity contribution in [3.05, 3.63) is 77.6 Å². The number of aliphatic hydroxyl groups is 1. The van der Waals surface area contributed by atoms with Crippen molar-refractivity contribution >= 4 is 12.2 Å². The summed E-state index contributed by atoms with van der Waals surface area (Å²) in [6.45, 7) is -0.138. The second kappa shape index (κ2) is 6.15. The minimum atomic E-state index is -0.138. The summed E-state index contributed by atoms with van der Waals surface area (Å²) in [6.07, 6.45) is 3.91. The third-order valence-corrected chi connectivity index (χ3v) is 3.16. The Labute approximate surface area is 123 Å². The van der Waals surface area contributed by atoms with Crippen molar-refractivity contribution in [2.75, 3.05) is 0 Å². The highest BCUT2D eigenvalue weighted by Gasteiger charge is 2.10. The van der Waals surface area contributed by atoms with E-state index in [1.807, 2.05) is 72.8 Å². The third kappa shape index (κ3) is 2.90. The zero-order valence-electron chi connectivity index (χ0n) is 11.4. The van der Waals surface area contributed by atoms with Crippen LogP contribution in [0.3, 0.4) is 0 Å². The minimum Gasteiger partial charge on any atom is -0.390 e. The van der Waals surface area contributed by atoms with Crippen molar-refractivity contribution in [2.24, 2.45) is 0 Å². The van der Waals surface area contributed by atoms with Crippen molar-refractivity contribution in [1.82, 2.24) is 15.0 Å². The average molecular weight is 277 g/mol. The zero-order valence-corrected chi connectivity index (χ0v) is 11.4. The summed E-state index contributed by atoms with van der Waals surface area (Å²) in [4.78, 5) is 0. The Hall–Kier alpha value is -2.72. The highest BCUT2D eigenvalue weighted by molar-refractivity contribution is 5.69. The first-order valence-corrected chi connectivity index (χ1v) is 6.72. The molecule has 1 N–H and O–H groups in total. The largest absolute Gasteiger partial charge is 0.390 e. The van der Waals surface area contributed by atoms with Crippen molar-refractivity contribution in [3.63, 3.8) is 0 Å². The molecular weight excluding hydrogens is 262 g/mol. The van der Waals surface area contributed by atoms with Crippen LogP contribution in [-0.4, -0.2) is 20.1 Å². The van der Waals surface area contributed by atoms with E-state index in [0.717, 1.165) is 16.9 Å². The fourth-order valence-electron chi connectivity index (χ4n) is 2.10. The molecule has 1 aromatic heterocycles. The zero-order chi connectivity index (χ0) is 14.5. The molecule has 2 aromatic carbocycles. The molecule has 4 nitrogen and oxygen atoms in total. The van der Waals surface area contributed by atoms with Crippen molar-refractivity contribution in [3.8, 4) is 5.69 Å². The fraction of sp³-hybridized carbons (Fsp3) is 0.0588. The van der Waals surface area contributed by atoms with E-state index in [1.165, 1.54) is 0 Å². The van der Waals surface area contributed by atoms with Gasteiger partial charge in [0.1, 0.15) is 5.69 Å². The Balaban J connectivity index is 2.01. The molecule has 3 aromatic rings. The van der Waals surface area contributed by atoms with Gasteiger partial charge in [-0.15, -0.1) is 5.10 Å². The maximum atomic E-state index is 9.43. The van der Waals surface area contributed by atoms with Crippen LogP contribution in [0.4, 0.5) is 0 Å². The van der Waals surface area contributed by atoms with Crippen LogP contribution >= 0.6 is 0 Å². The molecule has 0 amide bonds. The lowest BCUT2D eigenvalue weighted by atomic mass is 10.2. The molecule has 3 rings (SSSR count). The maximum absolute atomic E-state index is 9.43. The van der Waals surface area contributed by atoms with Gasteiger partial charge in [-0.1, -0.05) is 59.8 Å². The first-order chi connectivity index (χ1) is 10.4. The molecule has 0 aliphatic carbocycles. The molecule has 0 aliphatic rings. The molecule has 0 bridgehead atoms. The molecule has 104 valence electrons. The van der Waals surface area contributed by atoms with Gasteiger partial charge in [-0.05, 0) is 23.8 Å². The van der Waals surface area contributed by atoms with Gasteiger partial charge in [0.25, 0.3) is 0 Å². The van der Waals surface area contributed by atoms with Gasteiger partial charge in [-0.3, -0.25) is 0 Å². The first kappa shape index (κ1) is 13.3. The summed E-state index contributed by atoms with van der Waals surface area (Å²) in [5.41, 5.74) is 3.35. The van der Waals surface area contributed by atoms with Gasteiger partial charge >= 0.3 is 0 Å². The maximum Gasteiger partial charge on any atom is 0.116 e. The lowest BCUT2D eigenvalue weighted by Gasteiger charge is -2.03. The molecule has 0 unspecified atom stereocenters. The van der Waals surface area contributed by atoms with E-state index in [-0.39, 0.29) is 6.61 Å². The predicted octanol–water partition coefficient (Wildman–Crippen LogP) is 2.93. The van der Waals surface area contributed by atoms with Crippen molar-refractivity contribution in [1.29, 1.82) is 0 Å². The smallest absolute Gasteiger partial charge is 0.116 e. The molecule has 0 saturated carbocycles. The Morgan fingerprint density at radius 1 is 0.905 bits per heavy atom. The van der Waals surface area contributed by atoms with Crippen LogP contribution in [0.2, 0.25) is 0 Å². The molecule has 0 aliphatic heterocycles. The standard InChI is InChI=1S/C17H15N3O/c21-13-16-17(12-11-14-7-3-1-4-8-14)20(19-18-16)15-9-5-2-6-10-15/h1-12,21H,13H2/b12-11+. The Morgan fingerprint density at radius 2 is 1.57 bits per heavy atom. The number of benzene rings is 2. The van der Waals surface area contributed by atoms with Crippen LogP contribution in [0.15, 0.2) is 60.7 Å². The molecule has 0 radical (unpaired) electrons. The third-order valence-electron chi connectivity index (χ3n) is 3.16. The summed E-state index contributed by atoms with van der Waals surface area (Å²) in [6, 6.07) is 19.7. The van der Waals surface area contributed by atoms with Gasteiger partial charge in [0.15, 0.2) is 0 Å². The molecule has 0 saturated heterocycles. The molecular formula is C17H15N3O. The molecule has 0 atom stereocenters. The normalized spacial score (nSPS) is 11.1. The van der Waals surface area contributed by atoms with E-state index in [1.54, 1.807) is 4.68 Å². The number of aliphatic hydroxyl groups excluding tert-OH is 1. The summed E-state index contributed by atoms with van der Waals surface area (Å²) in [7, 11) is 0. The number of rotatable bonds is 4. The minimum absolute atomic E-state index is 0.138. The number of nitrogens with zero attached hydrogens (tertiary/aromatic N) is 3. The van der Waals surface area contributed by atoms with Crippen LogP contribution in [0.1, 0.15) is 17.0 Å². The van der Waals surface area contributed by atoms with E-state index in [9.17, 15) is 5.11 Å². The van der Waals surface area contributed by atoms with Crippen LogP contribution in [0.5, 0.6) is 0 Å². The Kier molecular flexibility index (Phi) is 3.89. The second-order valence-electron chi connectivity index (χ2n) is 4.57. The number of hydrogen-bond donors (Lipinski definition) is 1. The quantitative estimate of drug-likeness (QED) is 0.797. The summed E-state index contributed by atoms with van der Waals surface area (Å²) >= 11 is 0. The summed E-state index contributed by atoms with van der Waals surface area (Å²) in [5.74, 6) is 0. The van der Waals surface area contributed by atoms with Gasteiger partial charge in [0.2, 0.25) is 0 Å². The van der Waals surface area contributed by atoms with Crippen LogP contribution in [-0.2, 0) is 6.61 Å². The van der Waals surface area contributed by atoms with Gasteiger partial charge in [0, 0.05) is 0 Å². The van der Waals surface area contributed by atoms with Crippen LogP contribution in [0, 0.1) is 0 Å². The first-order valence-electron chi connectivity index (χ1n) is 6.72. The van der Waals surface area contributed by atoms with Crippen LogP contribution in [0.25, 0.3) is 17.8 Å². The molecule has 21 heavy (non-hydrogen) atoms. The van der Waals surface area contributed by atoms with E-state index >= 15 is 0 Å². The van der Waals surface area contributed by atoms with Crippen molar-refractivity contribution < 1.29 is 5.11 Å². The topological polar surface area (TPSA) is 50.9 Å². The molecule has 0 spiro atoms. The highest BCUT2D eigenvalue weighted by atomic mass is 16.3. The number of hydrogen-bond acceptors (Lipinski definition) is 3. The van der Waals surface area contributed by atoms with Gasteiger partial charge < -0.3 is 5.11 Å². The number of aromatic nitrogens is 3. The SMILES string of the molecule is OCc1nnn(-c2ccccc2)c1/C=C/c1ccccc1. The van der Waals surface area contributed by atoms with E-state index in [2.05, 4.69) is 10.3 Å². The highest BCUT2D eigenvalue weighted by Crippen LogP contribution is 2.16. The van der Waals surface area contributed by atoms with Crippen molar-refractivity contribution in [2.45, 2.75) is 6.61 Å². The predicted molar refractivity (Wildman–Crippen MR) is 82.7 cm³/mol. The van der Waals surface area contributed by atoms with E-state index < -0.39 is 0 Å². The van der Waals surface area contributed by atoms with Gasteiger partial charge in [0.05, 0.1) is 18.0 Å². The average Bonchev–Trinajstić information content (AvgIpc) is 2.97.